The Morgan fingerprint density at radius 3 is 2.50 bits per heavy atom. The maximum Gasteiger partial charge on any atom is 0.328 e. The van der Waals surface area contributed by atoms with E-state index in [0.717, 1.165) is 6.08 Å². The summed E-state index contributed by atoms with van der Waals surface area (Å²) in [5.74, 6) is -0.956. The zero-order valence-electron chi connectivity index (χ0n) is 4.66. The summed E-state index contributed by atoms with van der Waals surface area (Å²) in [7, 11) is 0. The minimum atomic E-state index is -0.956. The second kappa shape index (κ2) is 3.21. The summed E-state index contributed by atoms with van der Waals surface area (Å²) >= 11 is 0. The minimum absolute atomic E-state index is 0.175. The smallest absolute Gasteiger partial charge is 0.328 e. The molecule has 0 aromatic rings. The number of carboxylic acid groups (broad SMARTS) is 1. The zero-order chi connectivity index (χ0) is 6.57. The van der Waals surface area contributed by atoms with Crippen molar-refractivity contribution in [3.05, 3.63) is 12.2 Å². The van der Waals surface area contributed by atoms with Gasteiger partial charge in [0.25, 0.3) is 0 Å². The number of carbonyl (C=O) groups is 1. The van der Waals surface area contributed by atoms with Crippen molar-refractivity contribution in [2.45, 2.75) is 13.0 Å². The number of nitrogens with two attached hydrogens (primary N) is 1. The quantitative estimate of drug-likeness (QED) is 0.497. The summed E-state index contributed by atoms with van der Waals surface area (Å²) in [6.45, 7) is 1.71. The monoisotopic (exact) mass is 115 g/mol. The van der Waals surface area contributed by atoms with Gasteiger partial charge in [0.1, 0.15) is 0 Å². The van der Waals surface area contributed by atoms with Gasteiger partial charge < -0.3 is 10.8 Å². The van der Waals surface area contributed by atoms with Crippen molar-refractivity contribution in [2.75, 3.05) is 0 Å². The predicted octanol–water partition coefficient (Wildman–Crippen LogP) is -0.0256. The summed E-state index contributed by atoms with van der Waals surface area (Å²) in [6, 6.07) is -0.175. The lowest BCUT2D eigenvalue weighted by molar-refractivity contribution is -0.131. The van der Waals surface area contributed by atoms with Crippen molar-refractivity contribution in [1.82, 2.24) is 0 Å². The van der Waals surface area contributed by atoms with E-state index in [1.165, 1.54) is 6.08 Å². The molecular formula is C5H9NO2. The number of hydrogen-bond donors (Lipinski definition) is 2. The van der Waals surface area contributed by atoms with Crippen LogP contribution in [0.1, 0.15) is 6.92 Å². The Bertz CT molecular complexity index is 107. The molecule has 0 amide bonds. The van der Waals surface area contributed by atoms with Crippen LogP contribution in [0.2, 0.25) is 0 Å². The van der Waals surface area contributed by atoms with Crippen molar-refractivity contribution in [3.63, 3.8) is 0 Å². The highest BCUT2D eigenvalue weighted by Gasteiger charge is 1.86. The number of aliphatic carboxylic acids is 1. The van der Waals surface area contributed by atoms with E-state index in [-0.39, 0.29) is 6.04 Å². The van der Waals surface area contributed by atoms with Gasteiger partial charge >= 0.3 is 5.97 Å². The molecule has 1 atom stereocenters. The molecule has 0 unspecified atom stereocenters. The van der Waals surface area contributed by atoms with Crippen molar-refractivity contribution in [1.29, 1.82) is 0 Å². The molecule has 3 N–H and O–H groups in total. The van der Waals surface area contributed by atoms with Crippen LogP contribution in [0.4, 0.5) is 0 Å². The first-order valence-corrected chi connectivity index (χ1v) is 2.29. The molecule has 0 saturated heterocycles. The van der Waals surface area contributed by atoms with E-state index in [1.54, 1.807) is 6.92 Å². The second-order valence-corrected chi connectivity index (χ2v) is 1.56. The molecular weight excluding hydrogens is 106 g/mol. The second-order valence-electron chi connectivity index (χ2n) is 1.56. The van der Waals surface area contributed by atoms with Gasteiger partial charge in [-0.05, 0) is 6.92 Å². The molecule has 0 saturated carbocycles. The summed E-state index contributed by atoms with van der Waals surface area (Å²) in [5, 5.41) is 8.02. The molecule has 3 nitrogen and oxygen atoms in total. The van der Waals surface area contributed by atoms with Gasteiger partial charge in [0.05, 0.1) is 0 Å². The molecule has 0 spiro atoms. The molecule has 0 aliphatic rings. The standard InChI is InChI=1S/C5H9NO2/c1-4(6)2-3-5(7)8/h2-4H,6H2,1H3,(H,7,8)/b3-2-/t4-/m0/s1. The summed E-state index contributed by atoms with van der Waals surface area (Å²) in [4.78, 5) is 9.76. The van der Waals surface area contributed by atoms with Crippen molar-refractivity contribution >= 4 is 5.97 Å². The van der Waals surface area contributed by atoms with E-state index in [2.05, 4.69) is 0 Å². The lowest BCUT2D eigenvalue weighted by Gasteiger charge is -1.89. The summed E-state index contributed by atoms with van der Waals surface area (Å²) in [6.07, 6.45) is 2.45. The van der Waals surface area contributed by atoms with Gasteiger partial charge in [0, 0.05) is 12.1 Å². The van der Waals surface area contributed by atoms with Crippen LogP contribution in [0.15, 0.2) is 12.2 Å². The Balaban J connectivity index is 3.50. The predicted molar refractivity (Wildman–Crippen MR) is 30.4 cm³/mol. The van der Waals surface area contributed by atoms with Crippen LogP contribution in [-0.4, -0.2) is 17.1 Å². The minimum Gasteiger partial charge on any atom is -0.478 e. The molecule has 8 heavy (non-hydrogen) atoms. The Hall–Kier alpha value is -0.830. The number of hydrogen-bond acceptors (Lipinski definition) is 2. The van der Waals surface area contributed by atoms with Crippen molar-refractivity contribution < 1.29 is 9.90 Å². The van der Waals surface area contributed by atoms with Crippen LogP contribution in [0.25, 0.3) is 0 Å². The number of carboxylic acids is 1. The SMILES string of the molecule is C[C@H](N)/C=C\C(=O)O. The first kappa shape index (κ1) is 7.17. The molecule has 0 aliphatic heterocycles. The van der Waals surface area contributed by atoms with Crippen LogP contribution in [0.3, 0.4) is 0 Å². The van der Waals surface area contributed by atoms with Crippen LogP contribution in [0.5, 0.6) is 0 Å². The van der Waals surface area contributed by atoms with Gasteiger partial charge in [-0.3, -0.25) is 0 Å². The molecule has 46 valence electrons. The van der Waals surface area contributed by atoms with E-state index >= 15 is 0 Å². The van der Waals surface area contributed by atoms with Gasteiger partial charge in [-0.1, -0.05) is 6.08 Å². The highest BCUT2D eigenvalue weighted by molar-refractivity contribution is 5.79. The van der Waals surface area contributed by atoms with Crippen molar-refractivity contribution in [2.24, 2.45) is 5.73 Å². The molecule has 0 aliphatic carbocycles. The fourth-order valence-electron chi connectivity index (χ4n) is 0.234. The van der Waals surface area contributed by atoms with Crippen LogP contribution < -0.4 is 5.73 Å². The Labute approximate surface area is 47.8 Å². The molecule has 0 aromatic carbocycles. The van der Waals surface area contributed by atoms with E-state index in [1.807, 2.05) is 0 Å². The highest BCUT2D eigenvalue weighted by Crippen LogP contribution is 1.77. The zero-order valence-corrected chi connectivity index (χ0v) is 4.66. The van der Waals surface area contributed by atoms with E-state index in [9.17, 15) is 4.79 Å². The first-order valence-electron chi connectivity index (χ1n) is 2.29. The average Bonchev–Trinajstić information content (AvgIpc) is 1.61. The van der Waals surface area contributed by atoms with Crippen LogP contribution in [0, 0.1) is 0 Å². The Kier molecular flexibility index (Phi) is 2.88. The molecule has 0 bridgehead atoms. The third kappa shape index (κ3) is 5.17. The van der Waals surface area contributed by atoms with Gasteiger partial charge in [-0.15, -0.1) is 0 Å². The molecule has 0 fully saturated rings. The van der Waals surface area contributed by atoms with Crippen LogP contribution in [-0.2, 0) is 4.79 Å². The van der Waals surface area contributed by atoms with Gasteiger partial charge in [-0.2, -0.15) is 0 Å². The third-order valence-corrected chi connectivity index (χ3v) is 0.542. The summed E-state index contributed by atoms with van der Waals surface area (Å²) in [5.41, 5.74) is 5.19. The van der Waals surface area contributed by atoms with Gasteiger partial charge in [0.15, 0.2) is 0 Å². The number of rotatable bonds is 2. The van der Waals surface area contributed by atoms with E-state index in [0.29, 0.717) is 0 Å². The molecule has 0 heterocycles. The van der Waals surface area contributed by atoms with Crippen molar-refractivity contribution in [3.8, 4) is 0 Å². The molecule has 0 radical (unpaired) electrons. The topological polar surface area (TPSA) is 63.3 Å². The maximum atomic E-state index is 9.76. The molecule has 3 heteroatoms. The largest absolute Gasteiger partial charge is 0.478 e. The molecule has 0 rings (SSSR count). The first-order chi connectivity index (χ1) is 3.63. The third-order valence-electron chi connectivity index (χ3n) is 0.542. The average molecular weight is 115 g/mol. The van der Waals surface area contributed by atoms with Gasteiger partial charge in [-0.25, -0.2) is 4.79 Å². The van der Waals surface area contributed by atoms with Gasteiger partial charge in [0.2, 0.25) is 0 Å². The highest BCUT2D eigenvalue weighted by atomic mass is 16.4. The van der Waals surface area contributed by atoms with E-state index < -0.39 is 5.97 Å². The van der Waals surface area contributed by atoms with Crippen LogP contribution >= 0.6 is 0 Å². The lowest BCUT2D eigenvalue weighted by atomic mass is 10.3. The van der Waals surface area contributed by atoms with E-state index in [4.69, 9.17) is 10.8 Å². The Morgan fingerprint density at radius 2 is 2.38 bits per heavy atom. The fraction of sp³-hybridized carbons (Fsp3) is 0.400. The fourth-order valence-corrected chi connectivity index (χ4v) is 0.234. The summed E-state index contributed by atoms with van der Waals surface area (Å²) < 4.78 is 0. The maximum absolute atomic E-state index is 9.76. The normalized spacial score (nSPS) is 14.2. The molecule has 0 aromatic heterocycles. The lowest BCUT2D eigenvalue weighted by Crippen LogP contribution is -2.10. The Morgan fingerprint density at radius 1 is 1.88 bits per heavy atom.